The number of hydrogen-bond acceptors (Lipinski definition) is 5. The summed E-state index contributed by atoms with van der Waals surface area (Å²) in [6.07, 6.45) is 0.469. The molecule has 1 saturated heterocycles. The Balaban J connectivity index is 2.08. The molecule has 70 valence electrons. The number of thioether (sulfide) groups is 1. The number of nitrogens with zero attached hydrogens (tertiary/aromatic N) is 1. The minimum atomic E-state index is -0.659. The van der Waals surface area contributed by atoms with Gasteiger partial charge in [0, 0.05) is 5.41 Å². The van der Waals surface area contributed by atoms with Crippen molar-refractivity contribution in [2.24, 2.45) is 0 Å². The lowest BCUT2D eigenvalue weighted by molar-refractivity contribution is -0.154. The number of ether oxygens (including phenoxy) is 1. The molecule has 0 saturated carbocycles. The van der Waals surface area contributed by atoms with E-state index >= 15 is 0 Å². The van der Waals surface area contributed by atoms with Crippen LogP contribution in [-0.4, -0.2) is 34.0 Å². The number of esters is 1. The highest BCUT2D eigenvalue weighted by atomic mass is 32.2. The third-order valence-corrected chi connectivity index (χ3v) is 2.96. The minimum absolute atomic E-state index is 0.0637. The zero-order chi connectivity index (χ0) is 9.42. The highest BCUT2D eigenvalue weighted by Gasteiger charge is 2.45. The topological polar surface area (TPSA) is 66.8 Å². The molecule has 0 bridgehead atoms. The third kappa shape index (κ3) is 1.22. The summed E-state index contributed by atoms with van der Waals surface area (Å²) in [4.78, 5) is 23.5. The fourth-order valence-electron chi connectivity index (χ4n) is 1.26. The Morgan fingerprint density at radius 2 is 2.62 bits per heavy atom. The number of carbonyl (C=O) groups is 2. The molecular weight excluding hydrogens is 194 g/mol. The lowest BCUT2D eigenvalue weighted by Crippen LogP contribution is -2.48. The number of rotatable bonds is 2. The van der Waals surface area contributed by atoms with Gasteiger partial charge in [-0.2, -0.15) is 0 Å². The van der Waals surface area contributed by atoms with Crippen LogP contribution in [0.5, 0.6) is 0 Å². The number of hydrogen-bond donors (Lipinski definition) is 1. The van der Waals surface area contributed by atoms with E-state index in [9.17, 15) is 9.59 Å². The number of amides is 1. The number of carbonyl (C=O) groups excluding carboxylic acids is 2. The summed E-state index contributed by atoms with van der Waals surface area (Å²) in [5, 5.41) is 10.0. The molecule has 13 heavy (non-hydrogen) atoms. The fraction of sp³-hybridized carbons (Fsp3) is 0.429. The van der Waals surface area contributed by atoms with Gasteiger partial charge in [0.25, 0.3) is 0 Å². The maximum atomic E-state index is 11.1. The quantitative estimate of drug-likeness (QED) is 0.375. The van der Waals surface area contributed by atoms with Gasteiger partial charge in [-0.1, -0.05) is 0 Å². The lowest BCUT2D eigenvalue weighted by Gasteiger charge is -2.34. The molecule has 0 aromatic carbocycles. The highest BCUT2D eigenvalue weighted by Crippen LogP contribution is 2.40. The molecule has 1 atom stereocenters. The van der Waals surface area contributed by atoms with Crippen molar-refractivity contribution >= 4 is 23.6 Å². The Labute approximate surface area is 78.3 Å². The van der Waals surface area contributed by atoms with Crippen LogP contribution in [0.15, 0.2) is 11.1 Å². The van der Waals surface area contributed by atoms with Crippen molar-refractivity contribution < 1.29 is 19.4 Å². The molecule has 0 spiro atoms. The van der Waals surface area contributed by atoms with Gasteiger partial charge in [-0.25, -0.2) is 4.79 Å². The van der Waals surface area contributed by atoms with Crippen molar-refractivity contribution in [3.05, 3.63) is 11.1 Å². The number of aliphatic hydroxyl groups is 1. The summed E-state index contributed by atoms with van der Waals surface area (Å²) in [7, 11) is 0. The fourth-order valence-corrected chi connectivity index (χ4v) is 2.35. The van der Waals surface area contributed by atoms with Crippen LogP contribution < -0.4 is 0 Å². The molecule has 0 aliphatic carbocycles. The van der Waals surface area contributed by atoms with E-state index in [1.54, 1.807) is 5.41 Å². The molecular formula is C7H7NO4S. The van der Waals surface area contributed by atoms with Gasteiger partial charge in [0.05, 0.1) is 11.8 Å². The van der Waals surface area contributed by atoms with E-state index in [-0.39, 0.29) is 17.0 Å². The van der Waals surface area contributed by atoms with Gasteiger partial charge in [-0.15, -0.1) is 11.8 Å². The summed E-state index contributed by atoms with van der Waals surface area (Å²) in [5.74, 6) is -0.721. The van der Waals surface area contributed by atoms with Crippen LogP contribution in [0.4, 0.5) is 0 Å². The van der Waals surface area contributed by atoms with E-state index in [0.717, 1.165) is 0 Å². The standard InChI is InChI=1S/C7H7NO4S/c9-3-12-7(11)4-2-13-6-1-5(10)8(4)6/h2,6,9H,1,3H2/t6-/m1/s1. The van der Waals surface area contributed by atoms with E-state index in [0.29, 0.717) is 6.42 Å². The van der Waals surface area contributed by atoms with Gasteiger partial charge >= 0.3 is 5.97 Å². The number of aliphatic hydroxyl groups excluding tert-OH is 1. The first kappa shape index (κ1) is 8.58. The van der Waals surface area contributed by atoms with E-state index < -0.39 is 12.8 Å². The Kier molecular flexibility index (Phi) is 2.01. The molecule has 0 radical (unpaired) electrons. The normalized spacial score (nSPS) is 25.0. The predicted octanol–water partition coefficient (Wildman–Crippen LogP) is -0.374. The first-order valence-corrected chi connectivity index (χ1v) is 4.64. The van der Waals surface area contributed by atoms with Gasteiger partial charge < -0.3 is 9.84 Å². The Bertz CT molecular complexity index is 301. The van der Waals surface area contributed by atoms with E-state index in [1.807, 2.05) is 0 Å². The summed E-state index contributed by atoms with van der Waals surface area (Å²) in [6.45, 7) is -0.659. The molecule has 6 heteroatoms. The van der Waals surface area contributed by atoms with E-state index in [2.05, 4.69) is 4.74 Å². The summed E-state index contributed by atoms with van der Waals surface area (Å²) >= 11 is 1.42. The maximum absolute atomic E-state index is 11.1. The van der Waals surface area contributed by atoms with Crippen molar-refractivity contribution in [1.82, 2.24) is 4.90 Å². The number of β-lactam (4-membered cyclic amide) rings is 1. The summed E-state index contributed by atoms with van der Waals surface area (Å²) in [5.41, 5.74) is 0.236. The van der Waals surface area contributed by atoms with Gasteiger partial charge in [-0.05, 0) is 0 Å². The first-order valence-electron chi connectivity index (χ1n) is 3.69. The molecule has 1 fully saturated rings. The van der Waals surface area contributed by atoms with Crippen LogP contribution in [-0.2, 0) is 14.3 Å². The van der Waals surface area contributed by atoms with Crippen molar-refractivity contribution in [1.29, 1.82) is 0 Å². The zero-order valence-corrected chi connectivity index (χ0v) is 7.41. The van der Waals surface area contributed by atoms with Crippen LogP contribution in [0.25, 0.3) is 0 Å². The zero-order valence-electron chi connectivity index (χ0n) is 6.60. The lowest BCUT2D eigenvalue weighted by atomic mass is 10.2. The van der Waals surface area contributed by atoms with Crippen LogP contribution in [0.2, 0.25) is 0 Å². The molecule has 0 aromatic rings. The largest absolute Gasteiger partial charge is 0.434 e. The maximum Gasteiger partial charge on any atom is 0.357 e. The average molecular weight is 201 g/mol. The second-order valence-corrected chi connectivity index (χ2v) is 3.67. The smallest absolute Gasteiger partial charge is 0.357 e. The highest BCUT2D eigenvalue weighted by molar-refractivity contribution is 8.03. The van der Waals surface area contributed by atoms with Crippen LogP contribution >= 0.6 is 11.8 Å². The molecule has 2 aliphatic heterocycles. The molecule has 5 nitrogen and oxygen atoms in total. The Morgan fingerprint density at radius 3 is 3.23 bits per heavy atom. The molecule has 0 aromatic heterocycles. The van der Waals surface area contributed by atoms with Crippen LogP contribution in [0.1, 0.15) is 6.42 Å². The molecule has 1 amide bonds. The van der Waals surface area contributed by atoms with Crippen LogP contribution in [0.3, 0.4) is 0 Å². The average Bonchev–Trinajstić information content (AvgIpc) is 2.42. The van der Waals surface area contributed by atoms with Crippen LogP contribution in [0, 0.1) is 0 Å². The van der Waals surface area contributed by atoms with Gasteiger partial charge in [-0.3, -0.25) is 9.69 Å². The second kappa shape index (κ2) is 3.04. The summed E-state index contributed by atoms with van der Waals surface area (Å²) < 4.78 is 4.37. The molecule has 0 unspecified atom stereocenters. The minimum Gasteiger partial charge on any atom is -0.434 e. The molecule has 2 heterocycles. The van der Waals surface area contributed by atoms with Gasteiger partial charge in [0.2, 0.25) is 5.91 Å². The first-order chi connectivity index (χ1) is 6.24. The van der Waals surface area contributed by atoms with E-state index in [4.69, 9.17) is 5.11 Å². The molecule has 2 rings (SSSR count). The van der Waals surface area contributed by atoms with Gasteiger partial charge in [0.15, 0.2) is 6.79 Å². The van der Waals surface area contributed by atoms with E-state index in [1.165, 1.54) is 16.7 Å². The number of fused-ring (bicyclic) bond motifs is 1. The Hall–Kier alpha value is -1.01. The predicted molar refractivity (Wildman–Crippen MR) is 44.1 cm³/mol. The monoisotopic (exact) mass is 201 g/mol. The van der Waals surface area contributed by atoms with Crippen molar-refractivity contribution in [3.8, 4) is 0 Å². The Morgan fingerprint density at radius 1 is 1.85 bits per heavy atom. The third-order valence-electron chi connectivity index (χ3n) is 1.91. The molecule has 1 N–H and O–H groups in total. The van der Waals surface area contributed by atoms with Gasteiger partial charge in [0.1, 0.15) is 5.70 Å². The van der Waals surface area contributed by atoms with Crippen molar-refractivity contribution in [3.63, 3.8) is 0 Å². The molecule has 2 aliphatic rings. The SMILES string of the molecule is O=C(OCO)C1=CS[C@@H]2CC(=O)N12. The second-order valence-electron chi connectivity index (χ2n) is 2.62. The van der Waals surface area contributed by atoms with Crippen molar-refractivity contribution in [2.75, 3.05) is 6.79 Å². The summed E-state index contributed by atoms with van der Waals surface area (Å²) in [6, 6.07) is 0. The van der Waals surface area contributed by atoms with Crippen molar-refractivity contribution in [2.45, 2.75) is 11.8 Å².